The highest BCUT2D eigenvalue weighted by molar-refractivity contribution is 5.83. The van der Waals surface area contributed by atoms with Gasteiger partial charge in [0.15, 0.2) is 11.5 Å². The zero-order valence-electron chi connectivity index (χ0n) is 13.6. The van der Waals surface area contributed by atoms with Gasteiger partial charge in [0.25, 0.3) is 11.5 Å². The number of rotatable bonds is 7. The minimum absolute atomic E-state index is 0.0936. The Labute approximate surface area is 139 Å². The van der Waals surface area contributed by atoms with Crippen molar-refractivity contribution in [3.05, 3.63) is 58.5 Å². The Hall–Kier alpha value is -3.09. The largest absolute Gasteiger partial charge is 0.493 e. The number of carbonyl (C=O) groups excluding carboxylic acids is 1. The first-order valence-corrected chi connectivity index (χ1v) is 7.42. The monoisotopic (exact) mass is 329 g/mol. The lowest BCUT2D eigenvalue weighted by Gasteiger charge is -2.09. The SMILES string of the molecule is CCOc1ccc(/C=N\NC(=O)Cn2ccccc2=O)cc1OC. The van der Waals surface area contributed by atoms with Crippen LogP contribution >= 0.6 is 0 Å². The van der Waals surface area contributed by atoms with Gasteiger partial charge in [0.05, 0.1) is 19.9 Å². The average molecular weight is 329 g/mol. The fourth-order valence-electron chi connectivity index (χ4n) is 2.00. The number of methoxy groups -OCH3 is 1. The van der Waals surface area contributed by atoms with Crippen molar-refractivity contribution >= 4 is 12.1 Å². The number of aromatic nitrogens is 1. The second-order valence-corrected chi connectivity index (χ2v) is 4.80. The number of nitrogens with zero attached hydrogens (tertiary/aromatic N) is 2. The standard InChI is InChI=1S/C17H19N3O4/c1-3-24-14-8-7-13(10-15(14)23-2)11-18-19-16(21)12-20-9-5-4-6-17(20)22/h4-11H,3,12H2,1-2H3,(H,19,21)/b18-11-. The first-order chi connectivity index (χ1) is 11.6. The van der Waals surface area contributed by atoms with E-state index in [1.54, 1.807) is 43.6 Å². The average Bonchev–Trinajstić information content (AvgIpc) is 2.58. The van der Waals surface area contributed by atoms with Crippen LogP contribution in [0, 0.1) is 0 Å². The van der Waals surface area contributed by atoms with Crippen LogP contribution < -0.4 is 20.5 Å². The number of ether oxygens (including phenoxy) is 2. The molecule has 0 aliphatic carbocycles. The van der Waals surface area contributed by atoms with Crippen LogP contribution in [0.1, 0.15) is 12.5 Å². The number of hydrazone groups is 1. The molecule has 126 valence electrons. The summed E-state index contributed by atoms with van der Waals surface area (Å²) in [6, 6.07) is 10.0. The predicted octanol–water partition coefficient (Wildman–Crippen LogP) is 1.41. The molecule has 1 heterocycles. The summed E-state index contributed by atoms with van der Waals surface area (Å²) in [5, 5.41) is 3.88. The van der Waals surface area contributed by atoms with Crippen molar-refractivity contribution in [1.82, 2.24) is 9.99 Å². The van der Waals surface area contributed by atoms with E-state index in [9.17, 15) is 9.59 Å². The molecule has 7 nitrogen and oxygen atoms in total. The van der Waals surface area contributed by atoms with Gasteiger partial charge in [-0.15, -0.1) is 0 Å². The quantitative estimate of drug-likeness (QED) is 0.615. The molecule has 0 fully saturated rings. The van der Waals surface area contributed by atoms with E-state index in [1.165, 1.54) is 16.8 Å². The van der Waals surface area contributed by atoms with Gasteiger partial charge in [0.1, 0.15) is 6.54 Å². The summed E-state index contributed by atoms with van der Waals surface area (Å²) in [4.78, 5) is 23.3. The van der Waals surface area contributed by atoms with Gasteiger partial charge in [-0.3, -0.25) is 9.59 Å². The highest BCUT2D eigenvalue weighted by Crippen LogP contribution is 2.27. The van der Waals surface area contributed by atoms with Crippen molar-refractivity contribution in [3.8, 4) is 11.5 Å². The molecule has 0 aliphatic rings. The van der Waals surface area contributed by atoms with Gasteiger partial charge in [-0.1, -0.05) is 6.07 Å². The van der Waals surface area contributed by atoms with E-state index in [0.29, 0.717) is 18.1 Å². The lowest BCUT2D eigenvalue weighted by molar-refractivity contribution is -0.121. The molecule has 2 rings (SSSR count). The van der Waals surface area contributed by atoms with Crippen LogP contribution in [0.5, 0.6) is 11.5 Å². The van der Waals surface area contributed by atoms with Crippen LogP contribution in [-0.2, 0) is 11.3 Å². The summed E-state index contributed by atoms with van der Waals surface area (Å²) in [5.41, 5.74) is 2.88. The number of pyridine rings is 1. The second kappa shape index (κ2) is 8.52. The highest BCUT2D eigenvalue weighted by Gasteiger charge is 2.05. The number of benzene rings is 1. The Morgan fingerprint density at radius 3 is 2.83 bits per heavy atom. The summed E-state index contributed by atoms with van der Waals surface area (Å²) in [5.74, 6) is 0.838. The van der Waals surface area contributed by atoms with E-state index in [2.05, 4.69) is 10.5 Å². The molecular weight excluding hydrogens is 310 g/mol. The molecule has 0 spiro atoms. The maximum absolute atomic E-state index is 11.8. The molecule has 1 aromatic heterocycles. The van der Waals surface area contributed by atoms with Crippen molar-refractivity contribution in [3.63, 3.8) is 0 Å². The summed E-state index contributed by atoms with van der Waals surface area (Å²) in [6.07, 6.45) is 3.03. The van der Waals surface area contributed by atoms with Gasteiger partial charge in [-0.2, -0.15) is 5.10 Å². The third-order valence-electron chi connectivity index (χ3n) is 3.10. The van der Waals surface area contributed by atoms with Crippen LogP contribution in [0.15, 0.2) is 52.5 Å². The fourth-order valence-corrected chi connectivity index (χ4v) is 2.00. The molecule has 0 saturated carbocycles. The third kappa shape index (κ3) is 4.70. The normalized spacial score (nSPS) is 10.6. The van der Waals surface area contributed by atoms with Crippen molar-refractivity contribution in [1.29, 1.82) is 0 Å². The summed E-state index contributed by atoms with van der Waals surface area (Å²) < 4.78 is 12.0. The van der Waals surface area contributed by atoms with E-state index >= 15 is 0 Å². The molecule has 1 N–H and O–H groups in total. The lowest BCUT2D eigenvalue weighted by atomic mass is 10.2. The van der Waals surface area contributed by atoms with E-state index in [0.717, 1.165) is 5.56 Å². The smallest absolute Gasteiger partial charge is 0.260 e. The van der Waals surface area contributed by atoms with Gasteiger partial charge in [-0.05, 0) is 36.8 Å². The summed E-state index contributed by atoms with van der Waals surface area (Å²) >= 11 is 0. The summed E-state index contributed by atoms with van der Waals surface area (Å²) in [6.45, 7) is 2.34. The third-order valence-corrected chi connectivity index (χ3v) is 3.10. The van der Waals surface area contributed by atoms with Crippen LogP contribution in [0.4, 0.5) is 0 Å². The van der Waals surface area contributed by atoms with Gasteiger partial charge in [-0.25, -0.2) is 5.43 Å². The minimum atomic E-state index is -0.391. The molecular formula is C17H19N3O4. The molecule has 2 aromatic rings. The van der Waals surface area contributed by atoms with Crippen molar-refractivity contribution < 1.29 is 14.3 Å². The number of hydrogen-bond acceptors (Lipinski definition) is 5. The Morgan fingerprint density at radius 2 is 2.12 bits per heavy atom. The van der Waals surface area contributed by atoms with Gasteiger partial charge < -0.3 is 14.0 Å². The fraction of sp³-hybridized carbons (Fsp3) is 0.235. The number of carbonyl (C=O) groups is 1. The lowest BCUT2D eigenvalue weighted by Crippen LogP contribution is -2.28. The Kier molecular flexibility index (Phi) is 6.13. The van der Waals surface area contributed by atoms with Crippen LogP contribution in [-0.4, -0.2) is 30.4 Å². The molecule has 1 amide bonds. The topological polar surface area (TPSA) is 81.9 Å². The Morgan fingerprint density at radius 1 is 1.29 bits per heavy atom. The van der Waals surface area contributed by atoms with E-state index < -0.39 is 5.91 Å². The zero-order valence-corrected chi connectivity index (χ0v) is 13.6. The van der Waals surface area contributed by atoms with Crippen molar-refractivity contribution in [2.75, 3.05) is 13.7 Å². The maximum Gasteiger partial charge on any atom is 0.260 e. The molecule has 1 aromatic carbocycles. The molecule has 7 heteroatoms. The predicted molar refractivity (Wildman–Crippen MR) is 90.6 cm³/mol. The maximum atomic E-state index is 11.8. The molecule has 0 unspecified atom stereocenters. The van der Waals surface area contributed by atoms with Gasteiger partial charge in [0.2, 0.25) is 0 Å². The van der Waals surface area contributed by atoms with E-state index in [4.69, 9.17) is 9.47 Å². The van der Waals surface area contributed by atoms with Crippen LogP contribution in [0.25, 0.3) is 0 Å². The van der Waals surface area contributed by atoms with E-state index in [1.807, 2.05) is 6.92 Å². The zero-order chi connectivity index (χ0) is 17.4. The van der Waals surface area contributed by atoms with Crippen LogP contribution in [0.3, 0.4) is 0 Å². The van der Waals surface area contributed by atoms with Gasteiger partial charge >= 0.3 is 0 Å². The molecule has 24 heavy (non-hydrogen) atoms. The minimum Gasteiger partial charge on any atom is -0.493 e. The Balaban J connectivity index is 1.97. The number of nitrogens with one attached hydrogen (secondary N) is 1. The van der Waals surface area contributed by atoms with E-state index in [-0.39, 0.29) is 12.1 Å². The van der Waals surface area contributed by atoms with Gasteiger partial charge in [0, 0.05) is 12.3 Å². The Bertz CT molecular complexity index is 783. The first-order valence-electron chi connectivity index (χ1n) is 7.42. The molecule has 0 saturated heterocycles. The molecule has 0 radical (unpaired) electrons. The second-order valence-electron chi connectivity index (χ2n) is 4.80. The molecule has 0 aliphatic heterocycles. The number of amides is 1. The number of hydrogen-bond donors (Lipinski definition) is 1. The molecule has 0 bridgehead atoms. The first kappa shape index (κ1) is 17.3. The summed E-state index contributed by atoms with van der Waals surface area (Å²) in [7, 11) is 1.55. The molecule has 0 atom stereocenters. The highest BCUT2D eigenvalue weighted by atomic mass is 16.5. The van der Waals surface area contributed by atoms with Crippen molar-refractivity contribution in [2.45, 2.75) is 13.5 Å². The van der Waals surface area contributed by atoms with Crippen LogP contribution in [0.2, 0.25) is 0 Å². The van der Waals surface area contributed by atoms with Crippen molar-refractivity contribution in [2.24, 2.45) is 5.10 Å².